The molecule has 0 saturated carbocycles. The van der Waals surface area contributed by atoms with Gasteiger partial charge in [-0.15, -0.1) is 0 Å². The van der Waals surface area contributed by atoms with Gasteiger partial charge >= 0.3 is 0 Å². The van der Waals surface area contributed by atoms with Crippen molar-refractivity contribution in [2.45, 2.75) is 5.41 Å². The van der Waals surface area contributed by atoms with Crippen molar-refractivity contribution in [1.29, 1.82) is 0 Å². The SMILES string of the molecule is c1ccc(-c2ccc(-c3ccccc3)c(N(c3ccc4c(c3)-c3ccccc3C43c4ccccc4-c4ccccc43)c3ccc4ccccc4c3-c3ccccc3)c2)cc1. The number of benzene rings is 10. The maximum absolute atomic E-state index is 2.54. The molecule has 0 saturated heterocycles. The van der Waals surface area contributed by atoms with Gasteiger partial charge in [0.15, 0.2) is 0 Å². The van der Waals surface area contributed by atoms with Crippen LogP contribution in [0.2, 0.25) is 0 Å². The van der Waals surface area contributed by atoms with E-state index in [0.717, 1.165) is 17.1 Å². The van der Waals surface area contributed by atoms with Gasteiger partial charge < -0.3 is 4.90 Å². The second-order valence-electron chi connectivity index (χ2n) is 16.0. The molecule has 1 nitrogen and oxygen atoms in total. The van der Waals surface area contributed by atoms with E-state index in [-0.39, 0.29) is 0 Å². The van der Waals surface area contributed by atoms with Crippen molar-refractivity contribution in [3.05, 3.63) is 259 Å². The van der Waals surface area contributed by atoms with Gasteiger partial charge in [0.2, 0.25) is 0 Å². The Labute approximate surface area is 351 Å². The van der Waals surface area contributed by atoms with Crippen LogP contribution in [0.1, 0.15) is 22.3 Å². The Morgan fingerprint density at radius 1 is 0.283 bits per heavy atom. The standard InChI is InChI=1S/C59H39N/c1-4-18-40(19-5-1)44-32-35-46(41-20-6-2-7-21-41)57(38-44)60(56-37-33-42-22-10-11-25-47(42)58(56)43-23-8-3-9-24-43)45-34-36-55-51(39-45)50-28-14-17-31-54(50)59(55)52-29-15-12-26-48(52)49-27-13-16-30-53(49)59/h1-39H. The summed E-state index contributed by atoms with van der Waals surface area (Å²) in [5.74, 6) is 0. The predicted molar refractivity (Wildman–Crippen MR) is 251 cm³/mol. The number of hydrogen-bond donors (Lipinski definition) is 0. The molecule has 0 aliphatic heterocycles. The lowest BCUT2D eigenvalue weighted by Crippen LogP contribution is -2.25. The lowest BCUT2D eigenvalue weighted by molar-refractivity contribution is 0.794. The van der Waals surface area contributed by atoms with Gasteiger partial charge in [0.25, 0.3) is 0 Å². The fraction of sp³-hybridized carbons (Fsp3) is 0.0169. The zero-order valence-electron chi connectivity index (χ0n) is 33.0. The molecule has 0 radical (unpaired) electrons. The number of anilines is 3. The highest BCUT2D eigenvalue weighted by Gasteiger charge is 2.51. The molecule has 0 atom stereocenters. The summed E-state index contributed by atoms with van der Waals surface area (Å²) in [4.78, 5) is 2.54. The minimum Gasteiger partial charge on any atom is -0.309 e. The molecule has 60 heavy (non-hydrogen) atoms. The zero-order chi connectivity index (χ0) is 39.6. The largest absolute Gasteiger partial charge is 0.309 e. The Morgan fingerprint density at radius 2 is 0.800 bits per heavy atom. The van der Waals surface area contributed by atoms with Crippen molar-refractivity contribution < 1.29 is 0 Å². The lowest BCUT2D eigenvalue weighted by atomic mass is 9.70. The van der Waals surface area contributed by atoms with Crippen LogP contribution in [-0.4, -0.2) is 0 Å². The molecule has 0 amide bonds. The third-order valence-electron chi connectivity index (χ3n) is 12.9. The molecule has 12 rings (SSSR count). The van der Waals surface area contributed by atoms with Crippen LogP contribution < -0.4 is 4.90 Å². The highest BCUT2D eigenvalue weighted by atomic mass is 15.1. The summed E-state index contributed by atoms with van der Waals surface area (Å²) in [6.45, 7) is 0. The molecular weight excluding hydrogens is 723 g/mol. The lowest BCUT2D eigenvalue weighted by Gasteiger charge is -2.33. The Balaban J connectivity index is 1.19. The molecule has 0 bridgehead atoms. The van der Waals surface area contributed by atoms with E-state index in [0.29, 0.717) is 0 Å². The number of nitrogens with zero attached hydrogens (tertiary/aromatic N) is 1. The Bertz CT molecular complexity index is 3210. The smallest absolute Gasteiger partial charge is 0.0725 e. The fourth-order valence-electron chi connectivity index (χ4n) is 10.4. The van der Waals surface area contributed by atoms with Gasteiger partial charge in [0.05, 0.1) is 16.8 Å². The second-order valence-corrected chi connectivity index (χ2v) is 16.0. The van der Waals surface area contributed by atoms with Gasteiger partial charge in [0, 0.05) is 16.8 Å². The number of rotatable bonds is 6. The fourth-order valence-corrected chi connectivity index (χ4v) is 10.4. The monoisotopic (exact) mass is 761 g/mol. The van der Waals surface area contributed by atoms with Gasteiger partial charge in [-0.1, -0.05) is 212 Å². The van der Waals surface area contributed by atoms with E-state index in [1.165, 1.54) is 88.7 Å². The highest BCUT2D eigenvalue weighted by Crippen LogP contribution is 2.63. The summed E-state index contributed by atoms with van der Waals surface area (Å²) < 4.78 is 0. The maximum Gasteiger partial charge on any atom is 0.0725 e. The maximum atomic E-state index is 2.54. The average molecular weight is 762 g/mol. The Morgan fingerprint density at radius 3 is 1.45 bits per heavy atom. The molecule has 2 aliphatic carbocycles. The van der Waals surface area contributed by atoms with Crippen molar-refractivity contribution in [2.24, 2.45) is 0 Å². The Kier molecular flexibility index (Phi) is 7.83. The van der Waals surface area contributed by atoms with Crippen molar-refractivity contribution in [1.82, 2.24) is 0 Å². The molecular formula is C59H39N. The van der Waals surface area contributed by atoms with Crippen molar-refractivity contribution in [3.8, 4) is 55.6 Å². The number of fused-ring (bicyclic) bond motifs is 11. The number of hydrogen-bond acceptors (Lipinski definition) is 1. The molecule has 0 aromatic heterocycles. The van der Waals surface area contributed by atoms with E-state index >= 15 is 0 Å². The molecule has 1 heteroatoms. The summed E-state index contributed by atoms with van der Waals surface area (Å²) in [6, 6.07) is 87.4. The third-order valence-corrected chi connectivity index (χ3v) is 12.9. The van der Waals surface area contributed by atoms with Gasteiger partial charge in [-0.05, 0) is 102 Å². The van der Waals surface area contributed by atoms with Gasteiger partial charge in [-0.2, -0.15) is 0 Å². The summed E-state index contributed by atoms with van der Waals surface area (Å²) >= 11 is 0. The second kappa shape index (κ2) is 13.7. The quantitative estimate of drug-likeness (QED) is 0.163. The first kappa shape index (κ1) is 34.3. The van der Waals surface area contributed by atoms with Gasteiger partial charge in [-0.25, -0.2) is 0 Å². The molecule has 0 unspecified atom stereocenters. The van der Waals surface area contributed by atoms with Crippen LogP contribution in [0.5, 0.6) is 0 Å². The topological polar surface area (TPSA) is 3.24 Å². The molecule has 0 N–H and O–H groups in total. The van der Waals surface area contributed by atoms with Crippen molar-refractivity contribution >= 4 is 27.8 Å². The molecule has 280 valence electrons. The van der Waals surface area contributed by atoms with Crippen LogP contribution >= 0.6 is 0 Å². The molecule has 10 aromatic rings. The van der Waals surface area contributed by atoms with Crippen LogP contribution in [-0.2, 0) is 5.41 Å². The first-order valence-electron chi connectivity index (χ1n) is 20.8. The van der Waals surface area contributed by atoms with Crippen LogP contribution in [0.3, 0.4) is 0 Å². The minimum absolute atomic E-state index is 0.414. The van der Waals surface area contributed by atoms with Crippen LogP contribution in [0.25, 0.3) is 66.4 Å². The minimum atomic E-state index is -0.414. The summed E-state index contributed by atoms with van der Waals surface area (Å²) in [5.41, 5.74) is 20.6. The van der Waals surface area contributed by atoms with E-state index in [2.05, 4.69) is 241 Å². The average Bonchev–Trinajstić information content (AvgIpc) is 3.79. The molecule has 1 spiro atoms. The van der Waals surface area contributed by atoms with E-state index < -0.39 is 5.41 Å². The molecule has 2 aliphatic rings. The first-order valence-corrected chi connectivity index (χ1v) is 20.8. The van der Waals surface area contributed by atoms with E-state index in [9.17, 15) is 0 Å². The summed E-state index contributed by atoms with van der Waals surface area (Å²) in [5, 5.41) is 2.43. The van der Waals surface area contributed by atoms with E-state index in [1.807, 2.05) is 0 Å². The van der Waals surface area contributed by atoms with Gasteiger partial charge in [-0.3, -0.25) is 0 Å². The highest BCUT2D eigenvalue weighted by molar-refractivity contribution is 6.07. The summed E-state index contributed by atoms with van der Waals surface area (Å²) in [6.07, 6.45) is 0. The van der Waals surface area contributed by atoms with Crippen LogP contribution in [0.4, 0.5) is 17.1 Å². The Hall–Kier alpha value is -7.74. The van der Waals surface area contributed by atoms with Crippen molar-refractivity contribution in [2.75, 3.05) is 4.90 Å². The zero-order valence-corrected chi connectivity index (χ0v) is 33.0. The molecule has 10 aromatic carbocycles. The first-order chi connectivity index (χ1) is 29.8. The molecule has 0 heterocycles. The summed E-state index contributed by atoms with van der Waals surface area (Å²) in [7, 11) is 0. The predicted octanol–water partition coefficient (Wildman–Crippen LogP) is 15.7. The van der Waals surface area contributed by atoms with Crippen LogP contribution in [0, 0.1) is 0 Å². The van der Waals surface area contributed by atoms with E-state index in [1.54, 1.807) is 0 Å². The van der Waals surface area contributed by atoms with E-state index in [4.69, 9.17) is 0 Å². The third kappa shape index (κ3) is 5.06. The van der Waals surface area contributed by atoms with Crippen LogP contribution in [0.15, 0.2) is 237 Å². The molecule has 0 fully saturated rings. The van der Waals surface area contributed by atoms with Gasteiger partial charge in [0.1, 0.15) is 0 Å². The van der Waals surface area contributed by atoms with Crippen molar-refractivity contribution in [3.63, 3.8) is 0 Å². The normalized spacial score (nSPS) is 12.8.